The number of benzene rings is 2. The molecule has 7 nitrogen and oxygen atoms in total. The summed E-state index contributed by atoms with van der Waals surface area (Å²) in [6.45, 7) is 8.28. The Morgan fingerprint density at radius 1 is 0.973 bits per heavy atom. The van der Waals surface area contributed by atoms with E-state index in [0.717, 1.165) is 38.9 Å². The maximum atomic E-state index is 14.5. The number of imidazole rings is 1. The van der Waals surface area contributed by atoms with Crippen molar-refractivity contribution >= 4 is 27.6 Å². The molecule has 0 aliphatic rings. The van der Waals surface area contributed by atoms with Crippen LogP contribution in [0.1, 0.15) is 13.8 Å². The van der Waals surface area contributed by atoms with E-state index in [2.05, 4.69) is 63.0 Å². The zero-order valence-corrected chi connectivity index (χ0v) is 20.4. The minimum Gasteiger partial charge on any atom is -0.358 e. The van der Waals surface area contributed by atoms with Gasteiger partial charge in [0.15, 0.2) is 5.82 Å². The van der Waals surface area contributed by atoms with Crippen LogP contribution in [0.2, 0.25) is 0 Å². The van der Waals surface area contributed by atoms with Crippen LogP contribution in [0.5, 0.6) is 0 Å². The largest absolute Gasteiger partial charge is 0.358 e. The van der Waals surface area contributed by atoms with Crippen LogP contribution >= 0.6 is 0 Å². The van der Waals surface area contributed by atoms with Gasteiger partial charge < -0.3 is 10.3 Å². The first-order valence-electron chi connectivity index (χ1n) is 12.0. The summed E-state index contributed by atoms with van der Waals surface area (Å²) in [5, 5.41) is 11.9. The van der Waals surface area contributed by atoms with Crippen molar-refractivity contribution in [2.24, 2.45) is 5.92 Å². The molecular formula is C29H24FN7. The SMILES string of the molecule is C=C(Nc1cncc(-c2ccc3[nH]nc(-c4nc5c(-c6ccccc6F)nccc5[nH]4)c3c2)c1)C(C)C. The van der Waals surface area contributed by atoms with Crippen LogP contribution < -0.4 is 5.32 Å². The number of nitrogens with one attached hydrogen (secondary N) is 3. The number of aromatic amines is 2. The van der Waals surface area contributed by atoms with Gasteiger partial charge in [-0.05, 0) is 47.9 Å². The molecule has 4 aromatic heterocycles. The lowest BCUT2D eigenvalue weighted by Crippen LogP contribution is -2.04. The summed E-state index contributed by atoms with van der Waals surface area (Å²) in [5.41, 5.74) is 7.54. The molecule has 0 aliphatic carbocycles. The number of hydrogen-bond acceptors (Lipinski definition) is 5. The molecule has 4 heterocycles. The first kappa shape index (κ1) is 22.6. The van der Waals surface area contributed by atoms with Gasteiger partial charge in [0, 0.05) is 34.6 Å². The zero-order chi connectivity index (χ0) is 25.5. The Morgan fingerprint density at radius 3 is 2.68 bits per heavy atom. The van der Waals surface area contributed by atoms with Crippen LogP contribution in [0.15, 0.2) is 85.5 Å². The van der Waals surface area contributed by atoms with Crippen LogP contribution in [-0.4, -0.2) is 30.1 Å². The number of aromatic nitrogens is 6. The minimum atomic E-state index is -0.343. The molecule has 6 rings (SSSR count). The Morgan fingerprint density at radius 2 is 1.84 bits per heavy atom. The van der Waals surface area contributed by atoms with Gasteiger partial charge >= 0.3 is 0 Å². The van der Waals surface area contributed by atoms with Crippen molar-refractivity contribution in [2.75, 3.05) is 5.32 Å². The quantitative estimate of drug-likeness (QED) is 0.235. The fraction of sp³-hybridized carbons (Fsp3) is 0.103. The van der Waals surface area contributed by atoms with Gasteiger partial charge in [-0.3, -0.25) is 15.1 Å². The summed E-state index contributed by atoms with van der Waals surface area (Å²) in [6.07, 6.45) is 5.26. The lowest BCUT2D eigenvalue weighted by Gasteiger charge is -2.13. The third-order valence-corrected chi connectivity index (χ3v) is 6.39. The number of rotatable bonds is 6. The molecule has 0 radical (unpaired) electrons. The molecule has 37 heavy (non-hydrogen) atoms. The normalized spacial score (nSPS) is 11.5. The monoisotopic (exact) mass is 489 g/mol. The fourth-order valence-corrected chi connectivity index (χ4v) is 4.27. The second-order valence-corrected chi connectivity index (χ2v) is 9.22. The topological polar surface area (TPSA) is 95.2 Å². The summed E-state index contributed by atoms with van der Waals surface area (Å²) in [7, 11) is 0. The van der Waals surface area contributed by atoms with Gasteiger partial charge in [-0.15, -0.1) is 0 Å². The summed E-state index contributed by atoms with van der Waals surface area (Å²) in [4.78, 5) is 17.0. The van der Waals surface area contributed by atoms with E-state index in [4.69, 9.17) is 4.98 Å². The highest BCUT2D eigenvalue weighted by molar-refractivity contribution is 5.97. The lowest BCUT2D eigenvalue weighted by molar-refractivity contribution is 0.631. The Kier molecular flexibility index (Phi) is 5.49. The summed E-state index contributed by atoms with van der Waals surface area (Å²) < 4.78 is 14.5. The number of nitrogens with zero attached hydrogens (tertiary/aromatic N) is 4. The first-order valence-corrected chi connectivity index (χ1v) is 12.0. The Bertz CT molecular complexity index is 1780. The van der Waals surface area contributed by atoms with Gasteiger partial charge in [-0.2, -0.15) is 5.10 Å². The molecule has 0 bridgehead atoms. The van der Waals surface area contributed by atoms with E-state index in [0.29, 0.717) is 34.2 Å². The highest BCUT2D eigenvalue weighted by atomic mass is 19.1. The van der Waals surface area contributed by atoms with Crippen molar-refractivity contribution < 1.29 is 4.39 Å². The average Bonchev–Trinajstić information content (AvgIpc) is 3.53. The molecule has 8 heteroatoms. The number of halogens is 1. The maximum Gasteiger partial charge on any atom is 0.159 e. The van der Waals surface area contributed by atoms with Crippen molar-refractivity contribution in [3.05, 3.63) is 91.3 Å². The molecule has 0 saturated carbocycles. The average molecular weight is 490 g/mol. The molecule has 0 unspecified atom stereocenters. The van der Waals surface area contributed by atoms with Gasteiger partial charge in [-0.1, -0.05) is 38.6 Å². The van der Waals surface area contributed by atoms with Crippen LogP contribution in [0, 0.1) is 11.7 Å². The molecule has 0 atom stereocenters. The Hall–Kier alpha value is -4.85. The summed E-state index contributed by atoms with van der Waals surface area (Å²) in [5.74, 6) is 0.543. The van der Waals surface area contributed by atoms with Crippen molar-refractivity contribution in [2.45, 2.75) is 13.8 Å². The third kappa shape index (κ3) is 4.12. The number of hydrogen-bond donors (Lipinski definition) is 3. The Labute approximate surface area is 212 Å². The van der Waals surface area contributed by atoms with Crippen molar-refractivity contribution in [3.8, 4) is 33.9 Å². The smallest absolute Gasteiger partial charge is 0.159 e. The van der Waals surface area contributed by atoms with E-state index in [1.54, 1.807) is 30.6 Å². The van der Waals surface area contributed by atoms with E-state index in [1.165, 1.54) is 6.07 Å². The summed E-state index contributed by atoms with van der Waals surface area (Å²) >= 11 is 0. The van der Waals surface area contributed by atoms with E-state index < -0.39 is 0 Å². The van der Waals surface area contributed by atoms with E-state index in [-0.39, 0.29) is 5.82 Å². The number of fused-ring (bicyclic) bond motifs is 2. The first-order chi connectivity index (χ1) is 18.0. The molecule has 0 fully saturated rings. The van der Waals surface area contributed by atoms with Crippen LogP contribution in [0.3, 0.4) is 0 Å². The lowest BCUT2D eigenvalue weighted by atomic mass is 10.0. The van der Waals surface area contributed by atoms with Crippen LogP contribution in [0.4, 0.5) is 10.1 Å². The van der Waals surface area contributed by atoms with Gasteiger partial charge in [-0.25, -0.2) is 9.37 Å². The number of allylic oxidation sites excluding steroid dienone is 1. The molecule has 0 spiro atoms. The fourth-order valence-electron chi connectivity index (χ4n) is 4.27. The molecule has 182 valence electrons. The number of H-pyrrole nitrogens is 2. The molecule has 3 N–H and O–H groups in total. The summed E-state index contributed by atoms with van der Waals surface area (Å²) in [6, 6.07) is 16.5. The molecule has 0 amide bonds. The van der Waals surface area contributed by atoms with E-state index >= 15 is 0 Å². The van der Waals surface area contributed by atoms with Crippen molar-refractivity contribution in [1.82, 2.24) is 30.1 Å². The van der Waals surface area contributed by atoms with Crippen LogP contribution in [-0.2, 0) is 0 Å². The maximum absolute atomic E-state index is 14.5. The highest BCUT2D eigenvalue weighted by Crippen LogP contribution is 2.33. The molecule has 2 aromatic carbocycles. The van der Waals surface area contributed by atoms with Crippen LogP contribution in [0.25, 0.3) is 55.8 Å². The van der Waals surface area contributed by atoms with Crippen molar-refractivity contribution in [3.63, 3.8) is 0 Å². The van der Waals surface area contributed by atoms with Gasteiger partial charge in [0.25, 0.3) is 0 Å². The molecule has 0 aliphatic heterocycles. The number of anilines is 1. The zero-order valence-electron chi connectivity index (χ0n) is 20.4. The second-order valence-electron chi connectivity index (χ2n) is 9.22. The molecule has 6 aromatic rings. The predicted molar refractivity (Wildman–Crippen MR) is 145 cm³/mol. The van der Waals surface area contributed by atoms with Crippen molar-refractivity contribution in [1.29, 1.82) is 0 Å². The standard InChI is InChI=1S/C29H24FN7/c1-16(2)17(3)33-20-12-19(14-31-15-20)18-8-9-24-22(13-18)27(37-36-24)29-34-25-10-11-32-26(28(25)35-29)21-6-4-5-7-23(21)30/h4-16,33H,3H2,1-2H3,(H,34,35)(H,36,37). The highest BCUT2D eigenvalue weighted by Gasteiger charge is 2.18. The number of pyridine rings is 2. The molecule has 0 saturated heterocycles. The Balaban J connectivity index is 1.42. The van der Waals surface area contributed by atoms with E-state index in [1.807, 2.05) is 24.4 Å². The second kappa shape index (κ2) is 8.98. The minimum absolute atomic E-state index is 0.311. The molecular weight excluding hydrogens is 465 g/mol. The third-order valence-electron chi connectivity index (χ3n) is 6.39. The van der Waals surface area contributed by atoms with Gasteiger partial charge in [0.2, 0.25) is 0 Å². The van der Waals surface area contributed by atoms with E-state index in [9.17, 15) is 4.39 Å². The van der Waals surface area contributed by atoms with Gasteiger partial charge in [0.05, 0.1) is 22.9 Å². The van der Waals surface area contributed by atoms with Gasteiger partial charge in [0.1, 0.15) is 22.7 Å². The predicted octanol–water partition coefficient (Wildman–Crippen LogP) is 6.95.